The minimum absolute atomic E-state index is 0.0453. The number of ether oxygens (including phenoxy) is 2. The number of aryl methyl sites for hydroxylation is 1. The number of hydrogen-bond acceptors (Lipinski definition) is 4. The number of methoxy groups -OCH3 is 2. The van der Waals surface area contributed by atoms with Crippen LogP contribution in [-0.2, 0) is 0 Å². The van der Waals surface area contributed by atoms with E-state index in [1.165, 1.54) is 0 Å². The number of rotatable bonds is 6. The quantitative estimate of drug-likeness (QED) is 0.886. The van der Waals surface area contributed by atoms with E-state index in [2.05, 4.69) is 23.3 Å². The van der Waals surface area contributed by atoms with Crippen molar-refractivity contribution in [3.8, 4) is 11.5 Å². The summed E-state index contributed by atoms with van der Waals surface area (Å²) in [6.07, 6.45) is 1.91. The molecule has 1 aromatic carbocycles. The van der Waals surface area contributed by atoms with Crippen LogP contribution >= 0.6 is 0 Å². The zero-order chi connectivity index (χ0) is 15.2. The van der Waals surface area contributed by atoms with Crippen molar-refractivity contribution in [2.75, 3.05) is 20.8 Å². The Bertz CT molecular complexity index is 582. The number of hydrogen-bond donors (Lipinski definition) is 1. The van der Waals surface area contributed by atoms with Crippen LogP contribution in [0.5, 0.6) is 11.5 Å². The molecule has 2 aromatic rings. The molecule has 1 N–H and O–H groups in total. The van der Waals surface area contributed by atoms with Crippen molar-refractivity contribution in [2.24, 2.45) is 0 Å². The number of benzene rings is 1. The van der Waals surface area contributed by atoms with Crippen LogP contribution in [0.15, 0.2) is 36.5 Å². The Morgan fingerprint density at radius 1 is 1.14 bits per heavy atom. The lowest BCUT2D eigenvalue weighted by molar-refractivity contribution is 0.387. The average molecular weight is 286 g/mol. The fourth-order valence-corrected chi connectivity index (χ4v) is 2.32. The average Bonchev–Trinajstić information content (AvgIpc) is 2.53. The van der Waals surface area contributed by atoms with Crippen LogP contribution in [0.25, 0.3) is 0 Å². The molecule has 0 aliphatic rings. The van der Waals surface area contributed by atoms with Gasteiger partial charge in [-0.3, -0.25) is 4.98 Å². The van der Waals surface area contributed by atoms with E-state index in [4.69, 9.17) is 9.47 Å². The lowest BCUT2D eigenvalue weighted by Crippen LogP contribution is -2.22. The monoisotopic (exact) mass is 286 g/mol. The molecule has 0 fully saturated rings. The van der Waals surface area contributed by atoms with Crippen molar-refractivity contribution < 1.29 is 9.47 Å². The second kappa shape index (κ2) is 7.09. The van der Waals surface area contributed by atoms with E-state index >= 15 is 0 Å². The molecular weight excluding hydrogens is 264 g/mol. The largest absolute Gasteiger partial charge is 0.497 e. The van der Waals surface area contributed by atoms with Gasteiger partial charge in [-0.05, 0) is 37.2 Å². The van der Waals surface area contributed by atoms with Crippen LogP contribution in [0.1, 0.15) is 29.8 Å². The molecule has 0 aliphatic carbocycles. The minimum atomic E-state index is 0.0453. The normalized spacial score (nSPS) is 12.0. The summed E-state index contributed by atoms with van der Waals surface area (Å²) in [5.41, 5.74) is 3.20. The summed E-state index contributed by atoms with van der Waals surface area (Å²) >= 11 is 0. The van der Waals surface area contributed by atoms with Gasteiger partial charge in [0.1, 0.15) is 11.5 Å². The number of nitrogens with one attached hydrogen (secondary N) is 1. The molecule has 0 saturated heterocycles. The first-order valence-corrected chi connectivity index (χ1v) is 7.07. The highest BCUT2D eigenvalue weighted by atomic mass is 16.5. The molecule has 2 rings (SSSR count). The van der Waals surface area contributed by atoms with E-state index in [9.17, 15) is 0 Å². The SMILES string of the molecule is CCNC(c1ccc(C)nc1)c1ccc(OC)cc1OC. The van der Waals surface area contributed by atoms with Crippen molar-refractivity contribution in [3.05, 3.63) is 53.3 Å². The molecule has 1 unspecified atom stereocenters. The van der Waals surface area contributed by atoms with Gasteiger partial charge in [0.05, 0.1) is 20.3 Å². The molecule has 0 aliphatic heterocycles. The van der Waals surface area contributed by atoms with Crippen LogP contribution in [0.4, 0.5) is 0 Å². The third kappa shape index (κ3) is 3.52. The maximum atomic E-state index is 5.52. The molecule has 0 saturated carbocycles. The first kappa shape index (κ1) is 15.3. The van der Waals surface area contributed by atoms with Crippen LogP contribution < -0.4 is 14.8 Å². The summed E-state index contributed by atoms with van der Waals surface area (Å²) in [6.45, 7) is 4.93. The highest BCUT2D eigenvalue weighted by Gasteiger charge is 2.18. The van der Waals surface area contributed by atoms with Gasteiger partial charge in [0.2, 0.25) is 0 Å². The Balaban J connectivity index is 2.44. The third-order valence-electron chi connectivity index (χ3n) is 3.43. The first-order valence-electron chi connectivity index (χ1n) is 7.07. The first-order chi connectivity index (χ1) is 10.2. The molecule has 0 amide bonds. The number of aromatic nitrogens is 1. The van der Waals surface area contributed by atoms with Gasteiger partial charge >= 0.3 is 0 Å². The van der Waals surface area contributed by atoms with Crippen molar-refractivity contribution in [2.45, 2.75) is 19.9 Å². The van der Waals surface area contributed by atoms with Crippen LogP contribution in [0, 0.1) is 6.92 Å². The summed E-state index contributed by atoms with van der Waals surface area (Å²) < 4.78 is 10.8. The summed E-state index contributed by atoms with van der Waals surface area (Å²) in [6, 6.07) is 10.1. The van der Waals surface area contributed by atoms with Gasteiger partial charge in [-0.25, -0.2) is 0 Å². The van der Waals surface area contributed by atoms with Gasteiger partial charge in [-0.1, -0.05) is 13.0 Å². The van der Waals surface area contributed by atoms with Crippen LogP contribution in [-0.4, -0.2) is 25.7 Å². The molecule has 1 aromatic heterocycles. The molecule has 112 valence electrons. The number of nitrogens with zero attached hydrogens (tertiary/aromatic N) is 1. The fourth-order valence-electron chi connectivity index (χ4n) is 2.32. The molecule has 0 spiro atoms. The zero-order valence-corrected chi connectivity index (χ0v) is 13.0. The lowest BCUT2D eigenvalue weighted by Gasteiger charge is -2.21. The standard InChI is InChI=1S/C17H22N2O2/c1-5-18-17(13-7-6-12(2)19-11-13)15-9-8-14(20-3)10-16(15)21-4/h6-11,17-18H,5H2,1-4H3. The molecular formula is C17H22N2O2. The molecule has 0 radical (unpaired) electrons. The van der Waals surface area contributed by atoms with Crippen LogP contribution in [0.3, 0.4) is 0 Å². The highest BCUT2D eigenvalue weighted by molar-refractivity contribution is 5.45. The van der Waals surface area contributed by atoms with Crippen molar-refractivity contribution in [1.29, 1.82) is 0 Å². The van der Waals surface area contributed by atoms with Gasteiger partial charge < -0.3 is 14.8 Å². The molecule has 1 heterocycles. The van der Waals surface area contributed by atoms with Crippen molar-refractivity contribution >= 4 is 0 Å². The predicted octanol–water partition coefficient (Wildman–Crippen LogP) is 3.11. The van der Waals surface area contributed by atoms with E-state index in [-0.39, 0.29) is 6.04 Å². The third-order valence-corrected chi connectivity index (χ3v) is 3.43. The summed E-state index contributed by atoms with van der Waals surface area (Å²) in [5.74, 6) is 1.59. The van der Waals surface area contributed by atoms with Gasteiger partial charge in [0.15, 0.2) is 0 Å². The Morgan fingerprint density at radius 3 is 2.52 bits per heavy atom. The van der Waals surface area contributed by atoms with E-state index in [1.807, 2.05) is 37.4 Å². The fraction of sp³-hybridized carbons (Fsp3) is 0.353. The number of pyridine rings is 1. The van der Waals surface area contributed by atoms with Crippen molar-refractivity contribution in [3.63, 3.8) is 0 Å². The van der Waals surface area contributed by atoms with Crippen LogP contribution in [0.2, 0.25) is 0 Å². The van der Waals surface area contributed by atoms with E-state index in [0.717, 1.165) is 34.9 Å². The van der Waals surface area contributed by atoms with Gasteiger partial charge in [0.25, 0.3) is 0 Å². The maximum absolute atomic E-state index is 5.52. The lowest BCUT2D eigenvalue weighted by atomic mass is 9.98. The Labute approximate surface area is 126 Å². The molecule has 0 bridgehead atoms. The summed E-state index contributed by atoms with van der Waals surface area (Å²) in [7, 11) is 3.33. The topological polar surface area (TPSA) is 43.4 Å². The second-order valence-corrected chi connectivity index (χ2v) is 4.83. The Morgan fingerprint density at radius 2 is 1.95 bits per heavy atom. The second-order valence-electron chi connectivity index (χ2n) is 4.83. The maximum Gasteiger partial charge on any atom is 0.127 e. The Kier molecular flexibility index (Phi) is 5.17. The molecule has 1 atom stereocenters. The predicted molar refractivity (Wildman–Crippen MR) is 84.0 cm³/mol. The Hall–Kier alpha value is -2.07. The van der Waals surface area contributed by atoms with Gasteiger partial charge in [-0.2, -0.15) is 0 Å². The zero-order valence-electron chi connectivity index (χ0n) is 13.0. The summed E-state index contributed by atoms with van der Waals surface area (Å²) in [4.78, 5) is 4.39. The van der Waals surface area contributed by atoms with Gasteiger partial charge in [0, 0.05) is 23.5 Å². The van der Waals surface area contributed by atoms with Crippen molar-refractivity contribution in [1.82, 2.24) is 10.3 Å². The minimum Gasteiger partial charge on any atom is -0.497 e. The van der Waals surface area contributed by atoms with Gasteiger partial charge in [-0.15, -0.1) is 0 Å². The van der Waals surface area contributed by atoms with E-state index in [1.54, 1.807) is 14.2 Å². The van der Waals surface area contributed by atoms with E-state index in [0.29, 0.717) is 0 Å². The summed E-state index contributed by atoms with van der Waals surface area (Å²) in [5, 5.41) is 3.49. The molecule has 21 heavy (non-hydrogen) atoms. The van der Waals surface area contributed by atoms with E-state index < -0.39 is 0 Å². The smallest absolute Gasteiger partial charge is 0.127 e. The molecule has 4 nitrogen and oxygen atoms in total. The molecule has 4 heteroatoms. The highest BCUT2D eigenvalue weighted by Crippen LogP contribution is 2.32.